The molecular formula is C20H24N2O4. The highest BCUT2D eigenvalue weighted by molar-refractivity contribution is 5.68. The Hall–Kier alpha value is -2.89. The molecule has 0 saturated carbocycles. The van der Waals surface area contributed by atoms with Gasteiger partial charge >= 0.3 is 6.09 Å². The Morgan fingerprint density at radius 3 is 2.35 bits per heavy atom. The van der Waals surface area contributed by atoms with Crippen LogP contribution in [0.1, 0.15) is 31.9 Å². The monoisotopic (exact) mass is 356 g/mol. The number of amides is 1. The number of nitro benzene ring substituents is 1. The SMILES string of the molecule is CC(C)(C)OC(=O)N(CCc1ccccc1)Cc1cccc([N+](=O)[O-])c1. The fourth-order valence-electron chi connectivity index (χ4n) is 2.46. The van der Waals surface area contributed by atoms with Crippen molar-refractivity contribution in [3.05, 3.63) is 75.8 Å². The molecule has 138 valence electrons. The highest BCUT2D eigenvalue weighted by Crippen LogP contribution is 2.17. The van der Waals surface area contributed by atoms with Gasteiger partial charge < -0.3 is 9.64 Å². The first-order valence-corrected chi connectivity index (χ1v) is 8.50. The number of nitro groups is 1. The molecule has 26 heavy (non-hydrogen) atoms. The minimum absolute atomic E-state index is 0.00898. The number of nitrogens with zero attached hydrogens (tertiary/aromatic N) is 2. The van der Waals surface area contributed by atoms with Crippen LogP contribution >= 0.6 is 0 Å². The van der Waals surface area contributed by atoms with E-state index in [2.05, 4.69) is 0 Å². The van der Waals surface area contributed by atoms with Gasteiger partial charge in [0, 0.05) is 25.2 Å². The molecule has 0 aliphatic heterocycles. The zero-order chi connectivity index (χ0) is 19.2. The molecule has 0 N–H and O–H groups in total. The highest BCUT2D eigenvalue weighted by atomic mass is 16.6. The van der Waals surface area contributed by atoms with Crippen LogP contribution in [0.25, 0.3) is 0 Å². The third-order valence-electron chi connectivity index (χ3n) is 3.66. The minimum atomic E-state index is -0.606. The summed E-state index contributed by atoms with van der Waals surface area (Å²) in [4.78, 5) is 24.7. The van der Waals surface area contributed by atoms with Crippen LogP contribution in [0, 0.1) is 10.1 Å². The normalized spacial score (nSPS) is 11.0. The van der Waals surface area contributed by atoms with Crippen LogP contribution in [0.5, 0.6) is 0 Å². The van der Waals surface area contributed by atoms with Gasteiger partial charge in [-0.2, -0.15) is 0 Å². The molecule has 0 radical (unpaired) electrons. The number of benzene rings is 2. The van der Waals surface area contributed by atoms with Gasteiger partial charge in [-0.25, -0.2) is 4.79 Å². The van der Waals surface area contributed by atoms with Gasteiger partial charge in [0.15, 0.2) is 0 Å². The molecule has 0 aromatic heterocycles. The maximum absolute atomic E-state index is 12.6. The van der Waals surface area contributed by atoms with Gasteiger partial charge in [0.2, 0.25) is 0 Å². The molecule has 0 aliphatic carbocycles. The lowest BCUT2D eigenvalue weighted by Gasteiger charge is -2.27. The first kappa shape index (κ1) is 19.4. The third-order valence-corrected chi connectivity index (χ3v) is 3.66. The van der Waals surface area contributed by atoms with E-state index in [1.165, 1.54) is 12.1 Å². The first-order chi connectivity index (χ1) is 12.2. The Bertz CT molecular complexity index is 754. The average Bonchev–Trinajstić information content (AvgIpc) is 2.58. The number of ether oxygens (including phenoxy) is 1. The predicted octanol–water partition coefficient (Wildman–Crippen LogP) is 4.57. The van der Waals surface area contributed by atoms with Crippen molar-refractivity contribution in [1.82, 2.24) is 4.90 Å². The van der Waals surface area contributed by atoms with Gasteiger partial charge in [-0.15, -0.1) is 0 Å². The summed E-state index contributed by atoms with van der Waals surface area (Å²) in [5.74, 6) is 0. The van der Waals surface area contributed by atoms with Crippen molar-refractivity contribution >= 4 is 11.8 Å². The van der Waals surface area contributed by atoms with E-state index < -0.39 is 16.6 Å². The molecule has 2 aromatic rings. The lowest BCUT2D eigenvalue weighted by molar-refractivity contribution is -0.384. The lowest BCUT2D eigenvalue weighted by Crippen LogP contribution is -2.37. The highest BCUT2D eigenvalue weighted by Gasteiger charge is 2.22. The summed E-state index contributed by atoms with van der Waals surface area (Å²) >= 11 is 0. The van der Waals surface area contributed by atoms with Crippen LogP contribution in [0.3, 0.4) is 0 Å². The molecule has 0 spiro atoms. The summed E-state index contributed by atoms with van der Waals surface area (Å²) in [6.07, 6.45) is 0.245. The fourth-order valence-corrected chi connectivity index (χ4v) is 2.46. The predicted molar refractivity (Wildman–Crippen MR) is 99.9 cm³/mol. The summed E-state index contributed by atoms with van der Waals surface area (Å²) < 4.78 is 5.49. The molecule has 0 unspecified atom stereocenters. The molecule has 0 bridgehead atoms. The Balaban J connectivity index is 2.15. The Kier molecular flexibility index (Phi) is 6.33. The second-order valence-electron chi connectivity index (χ2n) is 7.06. The van der Waals surface area contributed by atoms with E-state index in [9.17, 15) is 14.9 Å². The molecule has 2 rings (SSSR count). The third kappa shape index (κ3) is 6.20. The van der Waals surface area contributed by atoms with Crippen LogP contribution in [0.15, 0.2) is 54.6 Å². The van der Waals surface area contributed by atoms with Gasteiger partial charge in [-0.05, 0) is 38.3 Å². The van der Waals surface area contributed by atoms with Crippen LogP contribution in [-0.4, -0.2) is 28.1 Å². The minimum Gasteiger partial charge on any atom is -0.444 e. The standard InChI is InChI=1S/C20H24N2O4/c1-20(2,3)26-19(23)21(13-12-16-8-5-4-6-9-16)15-17-10-7-11-18(14-17)22(24)25/h4-11,14H,12-13,15H2,1-3H3. The molecule has 0 fully saturated rings. The largest absolute Gasteiger partial charge is 0.444 e. The maximum atomic E-state index is 12.6. The van der Waals surface area contributed by atoms with E-state index in [1.807, 2.05) is 51.1 Å². The quantitative estimate of drug-likeness (QED) is 0.561. The van der Waals surface area contributed by atoms with Crippen molar-refractivity contribution in [3.8, 4) is 0 Å². The van der Waals surface area contributed by atoms with Crippen molar-refractivity contribution in [2.45, 2.75) is 39.3 Å². The number of carbonyl (C=O) groups excluding carboxylic acids is 1. The number of hydrogen-bond donors (Lipinski definition) is 0. The van der Waals surface area contributed by atoms with Crippen LogP contribution < -0.4 is 0 Å². The summed E-state index contributed by atoms with van der Waals surface area (Å²) in [7, 11) is 0. The van der Waals surface area contributed by atoms with E-state index in [0.717, 1.165) is 5.56 Å². The molecule has 6 heteroatoms. The molecule has 0 saturated heterocycles. The van der Waals surface area contributed by atoms with E-state index in [4.69, 9.17) is 4.74 Å². The van der Waals surface area contributed by atoms with Crippen LogP contribution in [0.4, 0.5) is 10.5 Å². The zero-order valence-corrected chi connectivity index (χ0v) is 15.3. The first-order valence-electron chi connectivity index (χ1n) is 8.50. The van der Waals surface area contributed by atoms with Crippen LogP contribution in [-0.2, 0) is 17.7 Å². The maximum Gasteiger partial charge on any atom is 0.410 e. The Labute approximate surface area is 153 Å². The number of rotatable bonds is 6. The average molecular weight is 356 g/mol. The van der Waals surface area contributed by atoms with Gasteiger partial charge in [0.1, 0.15) is 5.60 Å². The topological polar surface area (TPSA) is 72.7 Å². The summed E-state index contributed by atoms with van der Waals surface area (Å²) in [6.45, 7) is 6.15. The van der Waals surface area contributed by atoms with E-state index >= 15 is 0 Å². The number of carbonyl (C=O) groups is 1. The number of non-ortho nitro benzene ring substituents is 1. The Morgan fingerprint density at radius 2 is 1.73 bits per heavy atom. The van der Waals surface area contributed by atoms with E-state index in [-0.39, 0.29) is 12.2 Å². The molecule has 6 nitrogen and oxygen atoms in total. The molecule has 0 heterocycles. The summed E-state index contributed by atoms with van der Waals surface area (Å²) in [6, 6.07) is 16.2. The van der Waals surface area contributed by atoms with E-state index in [1.54, 1.807) is 17.0 Å². The Morgan fingerprint density at radius 1 is 1.08 bits per heavy atom. The van der Waals surface area contributed by atoms with Gasteiger partial charge in [-0.3, -0.25) is 10.1 Å². The van der Waals surface area contributed by atoms with Crippen molar-refractivity contribution in [2.75, 3.05) is 6.54 Å². The second kappa shape index (κ2) is 8.47. The van der Waals surface area contributed by atoms with Crippen molar-refractivity contribution in [3.63, 3.8) is 0 Å². The van der Waals surface area contributed by atoms with Gasteiger partial charge in [0.05, 0.1) is 4.92 Å². The number of hydrogen-bond acceptors (Lipinski definition) is 4. The smallest absolute Gasteiger partial charge is 0.410 e. The molecular weight excluding hydrogens is 332 g/mol. The lowest BCUT2D eigenvalue weighted by atomic mass is 10.1. The van der Waals surface area contributed by atoms with E-state index in [0.29, 0.717) is 18.5 Å². The van der Waals surface area contributed by atoms with Gasteiger partial charge in [0.25, 0.3) is 5.69 Å². The molecule has 0 aliphatic rings. The molecule has 0 atom stereocenters. The van der Waals surface area contributed by atoms with Crippen molar-refractivity contribution in [1.29, 1.82) is 0 Å². The van der Waals surface area contributed by atoms with Gasteiger partial charge in [-0.1, -0.05) is 42.5 Å². The zero-order valence-electron chi connectivity index (χ0n) is 15.3. The molecule has 1 amide bonds. The fraction of sp³-hybridized carbons (Fsp3) is 0.350. The van der Waals surface area contributed by atoms with Crippen molar-refractivity contribution in [2.24, 2.45) is 0 Å². The summed E-state index contributed by atoms with van der Waals surface area (Å²) in [5, 5.41) is 11.0. The van der Waals surface area contributed by atoms with Crippen molar-refractivity contribution < 1.29 is 14.5 Å². The van der Waals surface area contributed by atoms with Crippen LogP contribution in [0.2, 0.25) is 0 Å². The molecule has 2 aromatic carbocycles. The summed E-state index contributed by atoms with van der Waals surface area (Å²) in [5.41, 5.74) is 1.21. The second-order valence-corrected chi connectivity index (χ2v) is 7.06.